The molecule has 0 radical (unpaired) electrons. The highest BCUT2D eigenvalue weighted by Crippen LogP contribution is 2.45. The molecular weight excluding hydrogens is 1200 g/mol. The second kappa shape index (κ2) is 64.1. The van der Waals surface area contributed by atoms with E-state index in [1.54, 1.807) is 0 Å². The topological polar surface area (TPSA) is 237 Å². The number of unbranched alkanes of at least 4 members (excludes halogenated alkanes) is 41. The summed E-state index contributed by atoms with van der Waals surface area (Å²) in [5, 5.41) is 10.6. The summed E-state index contributed by atoms with van der Waals surface area (Å²) in [6, 6.07) is 0. The number of carbonyl (C=O) groups is 4. The third kappa shape index (κ3) is 66.5. The van der Waals surface area contributed by atoms with Gasteiger partial charge in [-0.3, -0.25) is 37.3 Å². The van der Waals surface area contributed by atoms with E-state index in [0.717, 1.165) is 102 Å². The molecule has 0 aromatic carbocycles. The number of hydrogen-bond acceptors (Lipinski definition) is 15. The standard InChI is InChI=1S/C72H140O17P2/c1-7-9-11-13-15-17-19-20-21-22-23-24-29-33-37-45-51-57-72(77)88-67(60-82-69(74)54-48-42-35-32-28-26-25-27-30-34-40-46-52-64(3)4)62-86-90(78,79)84-58-66(73)59-85-91(80,81)87-63-68(61-83-70(75)55-49-43-39-38-41-47-53-65(5)6)89-71(76)56-50-44-36-31-18-16-14-12-10-8-2/h64-68,73H,7-63H2,1-6H3,(H,78,79)(H,80,81)/t66-,67-,68-/m1/s1. The Balaban J connectivity index is 5.22. The van der Waals surface area contributed by atoms with Gasteiger partial charge in [0, 0.05) is 25.7 Å². The Kier molecular flexibility index (Phi) is 62.7. The minimum atomic E-state index is -4.95. The van der Waals surface area contributed by atoms with E-state index >= 15 is 0 Å². The summed E-state index contributed by atoms with van der Waals surface area (Å²) in [5.74, 6) is -0.661. The quantitative estimate of drug-likeness (QED) is 0.0222. The summed E-state index contributed by atoms with van der Waals surface area (Å²) in [6.07, 6.45) is 50.1. The van der Waals surface area contributed by atoms with Crippen LogP contribution in [-0.4, -0.2) is 96.7 Å². The van der Waals surface area contributed by atoms with E-state index in [-0.39, 0.29) is 25.7 Å². The van der Waals surface area contributed by atoms with Crippen molar-refractivity contribution in [3.63, 3.8) is 0 Å². The summed E-state index contributed by atoms with van der Waals surface area (Å²) in [7, 11) is -9.90. The predicted octanol–water partition coefficient (Wildman–Crippen LogP) is 20.8. The van der Waals surface area contributed by atoms with Crippen LogP contribution in [0.2, 0.25) is 0 Å². The van der Waals surface area contributed by atoms with Gasteiger partial charge < -0.3 is 33.8 Å². The van der Waals surface area contributed by atoms with E-state index < -0.39 is 97.5 Å². The second-order valence-corrected chi connectivity index (χ2v) is 29.8. The van der Waals surface area contributed by atoms with Crippen molar-refractivity contribution in [3.05, 3.63) is 0 Å². The first-order chi connectivity index (χ1) is 43.9. The number of esters is 4. The van der Waals surface area contributed by atoms with E-state index in [1.807, 2.05) is 0 Å². The molecule has 17 nitrogen and oxygen atoms in total. The van der Waals surface area contributed by atoms with Crippen LogP contribution in [0.3, 0.4) is 0 Å². The molecule has 2 unspecified atom stereocenters. The van der Waals surface area contributed by atoms with Crippen LogP contribution in [0.5, 0.6) is 0 Å². The molecule has 0 amide bonds. The third-order valence-corrected chi connectivity index (χ3v) is 18.6. The van der Waals surface area contributed by atoms with Crippen molar-refractivity contribution in [1.82, 2.24) is 0 Å². The van der Waals surface area contributed by atoms with Crippen LogP contribution in [0, 0.1) is 11.8 Å². The summed E-state index contributed by atoms with van der Waals surface area (Å²) in [4.78, 5) is 72.6. The molecule has 5 atom stereocenters. The molecule has 0 heterocycles. The Bertz CT molecular complexity index is 1770. The van der Waals surface area contributed by atoms with Gasteiger partial charge in [0.1, 0.15) is 19.3 Å². The molecule has 0 aromatic heterocycles. The lowest BCUT2D eigenvalue weighted by atomic mass is 10.0. The first-order valence-corrected chi connectivity index (χ1v) is 40.5. The van der Waals surface area contributed by atoms with Crippen molar-refractivity contribution in [3.8, 4) is 0 Å². The third-order valence-electron chi connectivity index (χ3n) is 16.7. The Morgan fingerprint density at radius 1 is 0.297 bits per heavy atom. The van der Waals surface area contributed by atoms with Gasteiger partial charge in [-0.05, 0) is 37.5 Å². The predicted molar refractivity (Wildman–Crippen MR) is 368 cm³/mol. The molecule has 0 aromatic rings. The molecular formula is C72H140O17P2. The first-order valence-electron chi connectivity index (χ1n) is 37.5. The lowest BCUT2D eigenvalue weighted by Gasteiger charge is -2.21. The SMILES string of the molecule is CCCCCCCCCCCCCCCCCCCC(=O)O[C@H](COC(=O)CCCCCCCCCCCCCCC(C)C)COP(=O)(O)OC[C@@H](O)COP(=O)(O)OC[C@@H](COC(=O)CCCCCCCCC(C)C)OC(=O)CCCCCCCCCCCC. The lowest BCUT2D eigenvalue weighted by molar-refractivity contribution is -0.161. The fourth-order valence-corrected chi connectivity index (χ4v) is 12.5. The number of ether oxygens (including phenoxy) is 4. The molecule has 19 heteroatoms. The van der Waals surface area contributed by atoms with E-state index in [9.17, 15) is 43.2 Å². The van der Waals surface area contributed by atoms with Gasteiger partial charge in [-0.2, -0.15) is 0 Å². The molecule has 3 N–H and O–H groups in total. The highest BCUT2D eigenvalue weighted by atomic mass is 31.2. The Morgan fingerprint density at radius 3 is 0.747 bits per heavy atom. The zero-order valence-electron chi connectivity index (χ0n) is 59.1. The van der Waals surface area contributed by atoms with Gasteiger partial charge in [0.25, 0.3) is 0 Å². The van der Waals surface area contributed by atoms with Crippen LogP contribution in [0.4, 0.5) is 0 Å². The molecule has 0 spiro atoms. The van der Waals surface area contributed by atoms with E-state index in [2.05, 4.69) is 41.5 Å². The zero-order chi connectivity index (χ0) is 67.2. The van der Waals surface area contributed by atoms with Crippen LogP contribution >= 0.6 is 15.6 Å². The fraction of sp³-hybridized carbons (Fsp3) is 0.944. The van der Waals surface area contributed by atoms with Gasteiger partial charge >= 0.3 is 39.5 Å². The highest BCUT2D eigenvalue weighted by molar-refractivity contribution is 7.47. The van der Waals surface area contributed by atoms with Crippen LogP contribution in [-0.2, 0) is 65.4 Å². The van der Waals surface area contributed by atoms with Crippen LogP contribution in [0.25, 0.3) is 0 Å². The number of phosphoric acid groups is 2. The van der Waals surface area contributed by atoms with Crippen molar-refractivity contribution in [2.75, 3.05) is 39.6 Å². The van der Waals surface area contributed by atoms with Crippen molar-refractivity contribution in [2.45, 2.75) is 387 Å². The smallest absolute Gasteiger partial charge is 0.462 e. The Hall–Kier alpha value is -1.94. The minimum absolute atomic E-state index is 0.105. The summed E-state index contributed by atoms with van der Waals surface area (Å²) in [6.45, 7) is 9.49. The van der Waals surface area contributed by atoms with Gasteiger partial charge in [-0.1, -0.05) is 318 Å². The van der Waals surface area contributed by atoms with E-state index in [0.29, 0.717) is 31.6 Å². The number of rotatable bonds is 71. The van der Waals surface area contributed by atoms with Crippen LogP contribution in [0.1, 0.15) is 369 Å². The number of phosphoric ester groups is 2. The summed E-state index contributed by atoms with van der Waals surface area (Å²) < 4.78 is 68.3. The van der Waals surface area contributed by atoms with Crippen molar-refractivity contribution < 1.29 is 80.2 Å². The van der Waals surface area contributed by atoms with Crippen LogP contribution in [0.15, 0.2) is 0 Å². The van der Waals surface area contributed by atoms with Crippen molar-refractivity contribution in [2.24, 2.45) is 11.8 Å². The molecule has 0 aliphatic heterocycles. The molecule has 0 aliphatic rings. The maximum atomic E-state index is 13.0. The van der Waals surface area contributed by atoms with Gasteiger partial charge in [0.05, 0.1) is 26.4 Å². The monoisotopic (exact) mass is 1340 g/mol. The highest BCUT2D eigenvalue weighted by Gasteiger charge is 2.30. The van der Waals surface area contributed by atoms with Gasteiger partial charge in [-0.15, -0.1) is 0 Å². The first kappa shape index (κ1) is 89.1. The maximum Gasteiger partial charge on any atom is 0.472 e. The molecule has 0 bridgehead atoms. The average molecular weight is 1340 g/mol. The number of carbonyl (C=O) groups excluding carboxylic acids is 4. The minimum Gasteiger partial charge on any atom is -0.462 e. The Labute approximate surface area is 556 Å². The molecule has 91 heavy (non-hydrogen) atoms. The summed E-state index contributed by atoms with van der Waals surface area (Å²) >= 11 is 0. The second-order valence-electron chi connectivity index (χ2n) is 26.9. The van der Waals surface area contributed by atoms with Gasteiger partial charge in [0.2, 0.25) is 0 Å². The zero-order valence-corrected chi connectivity index (χ0v) is 60.9. The molecule has 0 rings (SSSR count). The largest absolute Gasteiger partial charge is 0.472 e. The molecule has 0 saturated carbocycles. The van der Waals surface area contributed by atoms with Gasteiger partial charge in [-0.25, -0.2) is 9.13 Å². The summed E-state index contributed by atoms with van der Waals surface area (Å²) in [5.41, 5.74) is 0. The number of aliphatic hydroxyl groups excluding tert-OH is 1. The lowest BCUT2D eigenvalue weighted by Crippen LogP contribution is -2.30. The van der Waals surface area contributed by atoms with Gasteiger partial charge in [0.15, 0.2) is 12.2 Å². The van der Waals surface area contributed by atoms with Crippen LogP contribution < -0.4 is 0 Å². The number of aliphatic hydroxyl groups is 1. The molecule has 540 valence electrons. The van der Waals surface area contributed by atoms with Crippen molar-refractivity contribution in [1.29, 1.82) is 0 Å². The normalized spacial score (nSPS) is 14.1. The van der Waals surface area contributed by atoms with E-state index in [4.69, 9.17) is 37.0 Å². The van der Waals surface area contributed by atoms with E-state index in [1.165, 1.54) is 180 Å². The molecule has 0 aliphatic carbocycles. The van der Waals surface area contributed by atoms with Crippen molar-refractivity contribution >= 4 is 39.5 Å². The maximum absolute atomic E-state index is 13.0. The average Bonchev–Trinajstić information content (AvgIpc) is 3.44. The fourth-order valence-electron chi connectivity index (χ4n) is 10.9. The Morgan fingerprint density at radius 2 is 0.505 bits per heavy atom. The number of hydrogen-bond donors (Lipinski definition) is 3. The molecule has 0 saturated heterocycles. The molecule has 0 fully saturated rings.